The number of ketones is 1. The third-order valence-electron chi connectivity index (χ3n) is 6.66. The van der Waals surface area contributed by atoms with Crippen LogP contribution < -0.4 is 4.74 Å². The van der Waals surface area contributed by atoms with Crippen LogP contribution in [-0.4, -0.2) is 33.8 Å². The van der Waals surface area contributed by atoms with Gasteiger partial charge in [-0.05, 0) is 62.2 Å². The van der Waals surface area contributed by atoms with E-state index in [2.05, 4.69) is 4.98 Å². The van der Waals surface area contributed by atoms with Crippen molar-refractivity contribution in [1.82, 2.24) is 9.88 Å². The number of nitrogens with zero attached hydrogens (tertiary/aromatic N) is 1. The fourth-order valence-electron chi connectivity index (χ4n) is 4.97. The normalized spacial score (nSPS) is 17.5. The minimum absolute atomic E-state index is 0.0575. The van der Waals surface area contributed by atoms with Gasteiger partial charge in [-0.3, -0.25) is 9.59 Å². The lowest BCUT2D eigenvalue weighted by molar-refractivity contribution is -0.140. The summed E-state index contributed by atoms with van der Waals surface area (Å²) in [6.45, 7) is 5.71. The molecule has 2 aromatic heterocycles. The molecule has 0 aliphatic carbocycles. The topological polar surface area (TPSA) is 95.8 Å². The number of hydrogen-bond donors (Lipinski definition) is 2. The summed E-state index contributed by atoms with van der Waals surface area (Å²) in [6, 6.07) is 14.0. The summed E-state index contributed by atoms with van der Waals surface area (Å²) >= 11 is 0. The Morgan fingerprint density at radius 1 is 1.09 bits per heavy atom. The molecule has 1 fully saturated rings. The molecule has 0 bridgehead atoms. The molecule has 7 nitrogen and oxygen atoms in total. The Morgan fingerprint density at radius 2 is 1.86 bits per heavy atom. The second-order valence-corrected chi connectivity index (χ2v) is 8.85. The number of benzene rings is 2. The van der Waals surface area contributed by atoms with Gasteiger partial charge in [0.1, 0.15) is 17.3 Å². The fourth-order valence-corrected chi connectivity index (χ4v) is 4.97. The lowest BCUT2D eigenvalue weighted by atomic mass is 9.91. The summed E-state index contributed by atoms with van der Waals surface area (Å²) in [7, 11) is 1.58. The number of methoxy groups -OCH3 is 1. The van der Waals surface area contributed by atoms with E-state index in [1.165, 1.54) is 11.2 Å². The molecule has 1 amide bonds. The number of amides is 1. The van der Waals surface area contributed by atoms with E-state index in [0.29, 0.717) is 17.1 Å². The third-order valence-corrected chi connectivity index (χ3v) is 6.66. The molecule has 2 aromatic carbocycles. The molecule has 1 saturated heterocycles. The van der Waals surface area contributed by atoms with Gasteiger partial charge in [-0.25, -0.2) is 0 Å². The number of likely N-dealkylation sites (tertiary alicyclic amines) is 1. The number of ether oxygens (including phenoxy) is 1. The van der Waals surface area contributed by atoms with Crippen molar-refractivity contribution in [2.75, 3.05) is 7.11 Å². The predicted molar refractivity (Wildman–Crippen MR) is 132 cm³/mol. The SMILES string of the molecule is COc1cc(C)c(/C(O)=C2\C(=O)C(=O)N(Cc3ccco3)C2c2c(C)[nH]c3ccccc23)cc1C. The number of rotatable bonds is 5. The number of carbonyl (C=O) groups is 2. The number of aliphatic hydroxyl groups excluding tert-OH is 1. The average Bonchev–Trinajstić information content (AvgIpc) is 3.53. The van der Waals surface area contributed by atoms with Gasteiger partial charge in [-0.15, -0.1) is 0 Å². The number of fused-ring (bicyclic) bond motifs is 1. The minimum Gasteiger partial charge on any atom is -0.507 e. The molecule has 0 spiro atoms. The van der Waals surface area contributed by atoms with Crippen LogP contribution in [0.2, 0.25) is 0 Å². The number of Topliss-reactive ketones (excluding diaryl/α,β-unsaturated/α-hetero) is 1. The molecule has 0 radical (unpaired) electrons. The number of aromatic nitrogens is 1. The van der Waals surface area contributed by atoms with Crippen molar-refractivity contribution >= 4 is 28.4 Å². The number of nitrogens with one attached hydrogen (secondary N) is 1. The molecule has 0 saturated carbocycles. The minimum atomic E-state index is -0.793. The predicted octanol–water partition coefficient (Wildman–Crippen LogP) is 5.32. The van der Waals surface area contributed by atoms with Crippen molar-refractivity contribution in [2.45, 2.75) is 33.4 Å². The van der Waals surface area contributed by atoms with Crippen LogP contribution in [0.15, 0.2) is 64.8 Å². The Labute approximate surface area is 202 Å². The molecule has 2 N–H and O–H groups in total. The number of carbonyl (C=O) groups excluding carboxylic acids is 2. The number of hydrogen-bond acceptors (Lipinski definition) is 5. The smallest absolute Gasteiger partial charge is 0.296 e. The molecule has 5 rings (SSSR count). The van der Waals surface area contributed by atoms with Crippen LogP contribution in [0.4, 0.5) is 0 Å². The van der Waals surface area contributed by atoms with Crippen molar-refractivity contribution in [3.8, 4) is 5.75 Å². The first kappa shape index (κ1) is 22.5. The van der Waals surface area contributed by atoms with Crippen LogP contribution in [0.25, 0.3) is 16.7 Å². The van der Waals surface area contributed by atoms with E-state index in [4.69, 9.17) is 9.15 Å². The standard InChI is InChI=1S/C28H26N2O5/c1-15-13-22(34-4)16(2)12-20(15)26(31)24-25(23-17(3)29-21-10-6-5-9-19(21)23)30(28(33)27(24)32)14-18-8-7-11-35-18/h5-13,25,29,31H,14H2,1-4H3/b26-24+. The van der Waals surface area contributed by atoms with E-state index < -0.39 is 17.7 Å². The second-order valence-electron chi connectivity index (χ2n) is 8.85. The largest absolute Gasteiger partial charge is 0.507 e. The first-order valence-electron chi connectivity index (χ1n) is 11.4. The zero-order valence-electron chi connectivity index (χ0n) is 20.0. The first-order chi connectivity index (χ1) is 16.8. The van der Waals surface area contributed by atoms with Crippen LogP contribution in [0.1, 0.15) is 39.7 Å². The van der Waals surface area contributed by atoms with Crippen LogP contribution in [0, 0.1) is 20.8 Å². The van der Waals surface area contributed by atoms with E-state index in [-0.39, 0.29) is 17.9 Å². The van der Waals surface area contributed by atoms with E-state index >= 15 is 0 Å². The maximum Gasteiger partial charge on any atom is 0.296 e. The Kier molecular flexibility index (Phi) is 5.47. The quantitative estimate of drug-likeness (QED) is 0.234. The number of aryl methyl sites for hydroxylation is 3. The zero-order valence-corrected chi connectivity index (χ0v) is 20.0. The molecule has 1 aliphatic heterocycles. The highest BCUT2D eigenvalue weighted by molar-refractivity contribution is 6.46. The monoisotopic (exact) mass is 470 g/mol. The van der Waals surface area contributed by atoms with Gasteiger partial charge in [0.25, 0.3) is 11.7 Å². The summed E-state index contributed by atoms with van der Waals surface area (Å²) in [4.78, 5) is 31.6. The van der Waals surface area contributed by atoms with Gasteiger partial charge in [-0.2, -0.15) is 0 Å². The van der Waals surface area contributed by atoms with Crippen LogP contribution in [-0.2, 0) is 16.1 Å². The highest BCUT2D eigenvalue weighted by atomic mass is 16.5. The molecule has 4 aromatic rings. The van der Waals surface area contributed by atoms with Crippen molar-refractivity contribution in [3.63, 3.8) is 0 Å². The first-order valence-corrected chi connectivity index (χ1v) is 11.4. The van der Waals surface area contributed by atoms with Crippen LogP contribution in [0.3, 0.4) is 0 Å². The van der Waals surface area contributed by atoms with Gasteiger partial charge in [0.05, 0.1) is 31.5 Å². The molecule has 1 atom stereocenters. The number of aromatic amines is 1. The van der Waals surface area contributed by atoms with Gasteiger partial charge < -0.3 is 24.1 Å². The summed E-state index contributed by atoms with van der Waals surface area (Å²) in [5.74, 6) is -0.382. The molecule has 7 heteroatoms. The van der Waals surface area contributed by atoms with Crippen molar-refractivity contribution in [3.05, 3.63) is 94.1 Å². The van der Waals surface area contributed by atoms with E-state index in [1.54, 1.807) is 25.3 Å². The van der Waals surface area contributed by atoms with E-state index in [9.17, 15) is 14.7 Å². The fraction of sp³-hybridized carbons (Fsp3) is 0.214. The molecular formula is C28H26N2O5. The Morgan fingerprint density at radius 3 is 2.57 bits per heavy atom. The van der Waals surface area contributed by atoms with Crippen molar-refractivity contribution < 1.29 is 23.8 Å². The summed E-state index contributed by atoms with van der Waals surface area (Å²) < 4.78 is 10.9. The highest BCUT2D eigenvalue weighted by Crippen LogP contribution is 2.44. The molecule has 178 valence electrons. The van der Waals surface area contributed by atoms with Gasteiger partial charge >= 0.3 is 0 Å². The molecule has 1 unspecified atom stereocenters. The molecular weight excluding hydrogens is 444 g/mol. The van der Waals surface area contributed by atoms with Crippen LogP contribution >= 0.6 is 0 Å². The molecule has 1 aliphatic rings. The average molecular weight is 471 g/mol. The number of furan rings is 1. The summed E-state index contributed by atoms with van der Waals surface area (Å²) in [5.41, 5.74) is 4.57. The number of para-hydroxylation sites is 1. The lowest BCUT2D eigenvalue weighted by Gasteiger charge is -2.25. The Balaban J connectivity index is 1.77. The lowest BCUT2D eigenvalue weighted by Crippen LogP contribution is -2.29. The third kappa shape index (κ3) is 3.60. The van der Waals surface area contributed by atoms with E-state index in [1.807, 2.05) is 51.1 Å². The number of H-pyrrole nitrogens is 1. The van der Waals surface area contributed by atoms with Gasteiger partial charge in [0, 0.05) is 27.7 Å². The molecule has 35 heavy (non-hydrogen) atoms. The van der Waals surface area contributed by atoms with Gasteiger partial charge in [-0.1, -0.05) is 18.2 Å². The highest BCUT2D eigenvalue weighted by Gasteiger charge is 2.47. The van der Waals surface area contributed by atoms with Crippen LogP contribution in [0.5, 0.6) is 5.75 Å². The Hall–Kier alpha value is -4.26. The Bertz CT molecular complexity index is 1490. The van der Waals surface area contributed by atoms with Gasteiger partial charge in [0.15, 0.2) is 0 Å². The maximum absolute atomic E-state index is 13.5. The zero-order chi connectivity index (χ0) is 24.9. The maximum atomic E-state index is 13.5. The van der Waals surface area contributed by atoms with E-state index in [0.717, 1.165) is 33.3 Å². The van der Waals surface area contributed by atoms with Crippen molar-refractivity contribution in [2.24, 2.45) is 0 Å². The van der Waals surface area contributed by atoms with Gasteiger partial charge in [0.2, 0.25) is 0 Å². The second kappa shape index (κ2) is 8.51. The van der Waals surface area contributed by atoms with Crippen molar-refractivity contribution in [1.29, 1.82) is 0 Å². The molecule has 3 heterocycles. The summed E-state index contributed by atoms with van der Waals surface area (Å²) in [5, 5.41) is 12.4. The number of aliphatic hydroxyl groups is 1. The summed E-state index contributed by atoms with van der Waals surface area (Å²) in [6.07, 6.45) is 1.53.